The van der Waals surface area contributed by atoms with Crippen molar-refractivity contribution in [3.63, 3.8) is 0 Å². The molecule has 0 bridgehead atoms. The molecule has 3 nitrogen and oxygen atoms in total. The maximum Gasteiger partial charge on any atom is 0.0930 e. The van der Waals surface area contributed by atoms with Gasteiger partial charge in [-0.05, 0) is 17.7 Å². The van der Waals surface area contributed by atoms with E-state index >= 15 is 0 Å². The Balaban J connectivity index is 2.92. The minimum absolute atomic E-state index is 0.382. The van der Waals surface area contributed by atoms with Crippen LogP contribution in [0, 0.1) is 0 Å². The Labute approximate surface area is 83.0 Å². The Morgan fingerprint density at radius 1 is 1.46 bits per heavy atom. The quantitative estimate of drug-likeness (QED) is 0.757. The van der Waals surface area contributed by atoms with Crippen LogP contribution in [0.3, 0.4) is 0 Å². The number of benzene rings is 1. The van der Waals surface area contributed by atoms with Crippen molar-refractivity contribution < 1.29 is 4.84 Å². The van der Waals surface area contributed by atoms with Gasteiger partial charge in [0.2, 0.25) is 0 Å². The van der Waals surface area contributed by atoms with Gasteiger partial charge < -0.3 is 4.90 Å². The minimum atomic E-state index is 0.382. The van der Waals surface area contributed by atoms with Crippen LogP contribution in [0.1, 0.15) is 5.56 Å². The zero-order valence-corrected chi connectivity index (χ0v) is 8.51. The monoisotopic (exact) mass is 200 g/mol. The molecule has 0 spiro atoms. The molecule has 0 heterocycles. The van der Waals surface area contributed by atoms with E-state index in [-0.39, 0.29) is 0 Å². The molecule has 0 fully saturated rings. The average Bonchev–Trinajstić information content (AvgIpc) is 2.04. The molecule has 0 aromatic heterocycles. The third-order valence-corrected chi connectivity index (χ3v) is 2.05. The number of hydrogen-bond donors (Lipinski definition) is 1. The highest BCUT2D eigenvalue weighted by Crippen LogP contribution is 2.25. The van der Waals surface area contributed by atoms with E-state index in [1.54, 1.807) is 0 Å². The first kappa shape index (κ1) is 10.3. The fourth-order valence-electron chi connectivity index (χ4n) is 1.10. The standard InChI is InChI=1S/C9H13ClN2O/c1-12(2)9-4-3-7(6-13-11)5-8(9)10/h3-5H,6,11H2,1-2H3. The van der Waals surface area contributed by atoms with Gasteiger partial charge in [0.25, 0.3) is 0 Å². The maximum absolute atomic E-state index is 6.02. The van der Waals surface area contributed by atoms with Crippen molar-refractivity contribution in [1.82, 2.24) is 0 Å². The first-order valence-electron chi connectivity index (χ1n) is 3.92. The lowest BCUT2D eigenvalue weighted by Gasteiger charge is -2.14. The van der Waals surface area contributed by atoms with Gasteiger partial charge in [-0.2, -0.15) is 0 Å². The molecule has 1 aromatic carbocycles. The molecule has 2 N–H and O–H groups in total. The van der Waals surface area contributed by atoms with Crippen LogP contribution in [0.2, 0.25) is 5.02 Å². The summed E-state index contributed by atoms with van der Waals surface area (Å²) < 4.78 is 0. The fourth-order valence-corrected chi connectivity index (χ4v) is 1.47. The van der Waals surface area contributed by atoms with Gasteiger partial charge in [0.05, 0.1) is 17.3 Å². The fraction of sp³-hybridized carbons (Fsp3) is 0.333. The predicted octanol–water partition coefficient (Wildman–Crippen LogP) is 1.80. The van der Waals surface area contributed by atoms with Crippen LogP contribution in [-0.2, 0) is 11.4 Å². The molecule has 72 valence electrons. The van der Waals surface area contributed by atoms with Crippen LogP contribution in [0.25, 0.3) is 0 Å². The van der Waals surface area contributed by atoms with Gasteiger partial charge in [0.15, 0.2) is 0 Å². The van der Waals surface area contributed by atoms with E-state index in [1.165, 1.54) is 0 Å². The Morgan fingerprint density at radius 3 is 2.62 bits per heavy atom. The lowest BCUT2D eigenvalue weighted by Crippen LogP contribution is -2.09. The number of nitrogens with zero attached hydrogens (tertiary/aromatic N) is 1. The molecule has 0 saturated heterocycles. The molecule has 0 amide bonds. The first-order chi connectivity index (χ1) is 6.15. The summed E-state index contributed by atoms with van der Waals surface area (Å²) in [4.78, 5) is 6.46. The normalized spacial score (nSPS) is 10.2. The molecule has 0 aliphatic heterocycles. The zero-order chi connectivity index (χ0) is 9.84. The van der Waals surface area contributed by atoms with Crippen molar-refractivity contribution in [1.29, 1.82) is 0 Å². The smallest absolute Gasteiger partial charge is 0.0930 e. The molecule has 0 aliphatic carbocycles. The summed E-state index contributed by atoms with van der Waals surface area (Å²) in [5.74, 6) is 4.95. The van der Waals surface area contributed by atoms with Crippen LogP contribution in [0.4, 0.5) is 5.69 Å². The van der Waals surface area contributed by atoms with Gasteiger partial charge in [-0.25, -0.2) is 5.90 Å². The summed E-state index contributed by atoms with van der Waals surface area (Å²) in [6, 6.07) is 5.73. The maximum atomic E-state index is 6.02. The van der Waals surface area contributed by atoms with E-state index in [0.29, 0.717) is 11.6 Å². The number of hydrogen-bond acceptors (Lipinski definition) is 3. The van der Waals surface area contributed by atoms with Crippen molar-refractivity contribution in [3.05, 3.63) is 28.8 Å². The van der Waals surface area contributed by atoms with Crippen LogP contribution >= 0.6 is 11.6 Å². The van der Waals surface area contributed by atoms with Crippen molar-refractivity contribution in [3.8, 4) is 0 Å². The SMILES string of the molecule is CN(C)c1ccc(CON)cc1Cl. The molecule has 0 saturated carbocycles. The second-order valence-electron chi connectivity index (χ2n) is 2.99. The molecule has 4 heteroatoms. The Hall–Kier alpha value is -0.770. The largest absolute Gasteiger partial charge is 0.376 e. The summed E-state index contributed by atoms with van der Waals surface area (Å²) in [7, 11) is 3.89. The number of rotatable bonds is 3. The lowest BCUT2D eigenvalue weighted by atomic mass is 10.2. The van der Waals surface area contributed by atoms with E-state index in [9.17, 15) is 0 Å². The Kier molecular flexibility index (Phi) is 3.54. The summed E-state index contributed by atoms with van der Waals surface area (Å²) in [6.07, 6.45) is 0. The highest BCUT2D eigenvalue weighted by atomic mass is 35.5. The summed E-state index contributed by atoms with van der Waals surface area (Å²) in [5.41, 5.74) is 1.96. The lowest BCUT2D eigenvalue weighted by molar-refractivity contribution is 0.124. The van der Waals surface area contributed by atoms with Gasteiger partial charge in [-0.3, -0.25) is 4.84 Å². The van der Waals surface area contributed by atoms with E-state index in [2.05, 4.69) is 4.84 Å². The number of halogens is 1. The van der Waals surface area contributed by atoms with Crippen LogP contribution in [-0.4, -0.2) is 14.1 Å². The zero-order valence-electron chi connectivity index (χ0n) is 7.75. The third kappa shape index (κ3) is 2.59. The van der Waals surface area contributed by atoms with E-state index in [0.717, 1.165) is 11.3 Å². The van der Waals surface area contributed by atoms with Gasteiger partial charge in [0, 0.05) is 14.1 Å². The van der Waals surface area contributed by atoms with E-state index in [1.807, 2.05) is 37.2 Å². The molecular formula is C9H13ClN2O. The van der Waals surface area contributed by atoms with Gasteiger partial charge >= 0.3 is 0 Å². The molecule has 1 aromatic rings. The van der Waals surface area contributed by atoms with E-state index < -0.39 is 0 Å². The predicted molar refractivity (Wildman–Crippen MR) is 54.8 cm³/mol. The number of anilines is 1. The topological polar surface area (TPSA) is 38.5 Å². The first-order valence-corrected chi connectivity index (χ1v) is 4.30. The molecule has 0 unspecified atom stereocenters. The molecule has 0 atom stereocenters. The third-order valence-electron chi connectivity index (χ3n) is 1.74. The average molecular weight is 201 g/mol. The van der Waals surface area contributed by atoms with Crippen molar-refractivity contribution in [2.75, 3.05) is 19.0 Å². The van der Waals surface area contributed by atoms with Crippen molar-refractivity contribution >= 4 is 17.3 Å². The molecule has 0 aliphatic rings. The molecular weight excluding hydrogens is 188 g/mol. The van der Waals surface area contributed by atoms with Crippen LogP contribution in [0.5, 0.6) is 0 Å². The van der Waals surface area contributed by atoms with Crippen molar-refractivity contribution in [2.24, 2.45) is 5.90 Å². The van der Waals surface area contributed by atoms with Gasteiger partial charge in [-0.1, -0.05) is 17.7 Å². The van der Waals surface area contributed by atoms with Gasteiger partial charge in [-0.15, -0.1) is 0 Å². The highest BCUT2D eigenvalue weighted by Gasteiger charge is 2.02. The number of nitrogens with two attached hydrogens (primary N) is 1. The summed E-state index contributed by atoms with van der Waals surface area (Å²) in [5, 5.41) is 0.708. The van der Waals surface area contributed by atoms with Crippen LogP contribution in [0.15, 0.2) is 18.2 Å². The summed E-state index contributed by atoms with van der Waals surface area (Å²) >= 11 is 6.02. The highest BCUT2D eigenvalue weighted by molar-refractivity contribution is 6.33. The Morgan fingerprint density at radius 2 is 2.15 bits per heavy atom. The molecule has 13 heavy (non-hydrogen) atoms. The minimum Gasteiger partial charge on any atom is -0.376 e. The Bertz CT molecular complexity index is 289. The second kappa shape index (κ2) is 4.46. The van der Waals surface area contributed by atoms with Crippen molar-refractivity contribution in [2.45, 2.75) is 6.61 Å². The van der Waals surface area contributed by atoms with E-state index in [4.69, 9.17) is 17.5 Å². The van der Waals surface area contributed by atoms with Crippen LogP contribution < -0.4 is 10.8 Å². The second-order valence-corrected chi connectivity index (χ2v) is 3.40. The van der Waals surface area contributed by atoms with Gasteiger partial charge in [0.1, 0.15) is 0 Å². The summed E-state index contributed by atoms with van der Waals surface area (Å²) in [6.45, 7) is 0.382. The molecule has 1 rings (SSSR count). The molecule has 0 radical (unpaired) electrons.